The van der Waals surface area contributed by atoms with Gasteiger partial charge in [0.25, 0.3) is 0 Å². The second kappa shape index (κ2) is 8.56. The summed E-state index contributed by atoms with van der Waals surface area (Å²) in [6.45, 7) is 4.67. The highest BCUT2D eigenvalue weighted by atomic mass is 35.5. The summed E-state index contributed by atoms with van der Waals surface area (Å²) >= 11 is 6.13. The zero-order chi connectivity index (χ0) is 17.8. The van der Waals surface area contributed by atoms with Gasteiger partial charge in [-0.25, -0.2) is 0 Å². The van der Waals surface area contributed by atoms with Crippen LogP contribution < -0.4 is 0 Å². The molecule has 1 aliphatic heterocycles. The summed E-state index contributed by atoms with van der Waals surface area (Å²) in [7, 11) is 0. The van der Waals surface area contributed by atoms with E-state index in [-0.39, 0.29) is 0 Å². The Morgan fingerprint density at radius 2 is 1.35 bits per heavy atom. The quantitative estimate of drug-likeness (QED) is 0.714. The highest BCUT2D eigenvalue weighted by Crippen LogP contribution is 2.31. The standard InChI is InChI=1S/C23H29ClN2/c24-21-13-11-20(12-14-21)23(19-7-3-1-4-8-19)26-17-15-25(16-18-26)22-9-5-2-6-10-22/h1,3-4,7-8,11-14,22-23H,2,5-6,9-10,15-18H2. The maximum Gasteiger partial charge on any atom is 0.0602 e. The van der Waals surface area contributed by atoms with Crippen LogP contribution in [0, 0.1) is 0 Å². The van der Waals surface area contributed by atoms with Gasteiger partial charge in [0.15, 0.2) is 0 Å². The Labute approximate surface area is 162 Å². The van der Waals surface area contributed by atoms with Gasteiger partial charge in [0.2, 0.25) is 0 Å². The Kier molecular flexibility index (Phi) is 5.94. The largest absolute Gasteiger partial charge is 0.298 e. The van der Waals surface area contributed by atoms with E-state index in [1.807, 2.05) is 12.1 Å². The van der Waals surface area contributed by atoms with Crippen molar-refractivity contribution in [3.05, 3.63) is 70.7 Å². The second-order valence-electron chi connectivity index (χ2n) is 7.73. The predicted molar refractivity (Wildman–Crippen MR) is 110 cm³/mol. The first-order valence-electron chi connectivity index (χ1n) is 10.1. The zero-order valence-electron chi connectivity index (χ0n) is 15.5. The van der Waals surface area contributed by atoms with Crippen molar-refractivity contribution in [2.24, 2.45) is 0 Å². The summed E-state index contributed by atoms with van der Waals surface area (Å²) < 4.78 is 0. The van der Waals surface area contributed by atoms with Gasteiger partial charge in [0.1, 0.15) is 0 Å². The highest BCUT2D eigenvalue weighted by Gasteiger charge is 2.29. The Morgan fingerprint density at radius 1 is 0.731 bits per heavy atom. The third kappa shape index (κ3) is 4.14. The molecule has 0 spiro atoms. The fraction of sp³-hybridized carbons (Fsp3) is 0.478. The Morgan fingerprint density at radius 3 is 2.00 bits per heavy atom. The molecule has 0 bridgehead atoms. The third-order valence-corrected chi connectivity index (χ3v) is 6.36. The maximum atomic E-state index is 6.13. The second-order valence-corrected chi connectivity index (χ2v) is 8.16. The van der Waals surface area contributed by atoms with Crippen molar-refractivity contribution in [3.8, 4) is 0 Å². The maximum absolute atomic E-state index is 6.13. The van der Waals surface area contributed by atoms with Crippen LogP contribution in [0.15, 0.2) is 54.6 Å². The van der Waals surface area contributed by atoms with Crippen molar-refractivity contribution >= 4 is 11.6 Å². The van der Waals surface area contributed by atoms with Gasteiger partial charge in [0, 0.05) is 37.2 Å². The van der Waals surface area contributed by atoms with E-state index < -0.39 is 0 Å². The van der Waals surface area contributed by atoms with Crippen LogP contribution in [-0.2, 0) is 0 Å². The molecule has 1 unspecified atom stereocenters. The molecule has 1 saturated carbocycles. The molecule has 1 saturated heterocycles. The highest BCUT2D eigenvalue weighted by molar-refractivity contribution is 6.30. The average molecular weight is 369 g/mol. The van der Waals surface area contributed by atoms with E-state index in [0.717, 1.165) is 24.2 Å². The van der Waals surface area contributed by atoms with Gasteiger partial charge in [0.05, 0.1) is 6.04 Å². The van der Waals surface area contributed by atoms with Crippen LogP contribution >= 0.6 is 11.6 Å². The number of rotatable bonds is 4. The fourth-order valence-corrected chi connectivity index (χ4v) is 4.83. The fourth-order valence-electron chi connectivity index (χ4n) is 4.70. The molecule has 3 heteroatoms. The summed E-state index contributed by atoms with van der Waals surface area (Å²) in [4.78, 5) is 5.40. The number of piperazine rings is 1. The summed E-state index contributed by atoms with van der Waals surface area (Å²) in [6, 6.07) is 20.5. The molecule has 138 valence electrons. The van der Waals surface area contributed by atoms with Crippen LogP contribution in [0.1, 0.15) is 49.3 Å². The van der Waals surface area contributed by atoms with Crippen molar-refractivity contribution in [1.29, 1.82) is 0 Å². The van der Waals surface area contributed by atoms with E-state index >= 15 is 0 Å². The monoisotopic (exact) mass is 368 g/mol. The molecule has 2 aromatic rings. The lowest BCUT2D eigenvalue weighted by Crippen LogP contribution is -2.51. The first kappa shape index (κ1) is 18.0. The van der Waals surface area contributed by atoms with Crippen LogP contribution in [0.2, 0.25) is 5.02 Å². The molecule has 0 N–H and O–H groups in total. The van der Waals surface area contributed by atoms with Gasteiger partial charge < -0.3 is 0 Å². The smallest absolute Gasteiger partial charge is 0.0602 e. The summed E-state index contributed by atoms with van der Waals surface area (Å²) in [5.41, 5.74) is 2.72. The molecule has 2 aliphatic rings. The van der Waals surface area contributed by atoms with E-state index in [4.69, 9.17) is 11.6 Å². The van der Waals surface area contributed by atoms with Crippen LogP contribution in [0.3, 0.4) is 0 Å². The first-order valence-corrected chi connectivity index (χ1v) is 10.5. The van der Waals surface area contributed by atoms with E-state index in [2.05, 4.69) is 52.3 Å². The predicted octanol–water partition coefficient (Wildman–Crippen LogP) is 5.38. The lowest BCUT2D eigenvalue weighted by atomic mass is 9.93. The zero-order valence-corrected chi connectivity index (χ0v) is 16.2. The van der Waals surface area contributed by atoms with Gasteiger partial charge in [-0.3, -0.25) is 9.80 Å². The summed E-state index contributed by atoms with van der Waals surface area (Å²) in [5, 5.41) is 0.808. The molecule has 0 radical (unpaired) electrons. The SMILES string of the molecule is Clc1ccc(C(c2ccccc2)N2CCN(C3CCCCC3)CC2)cc1. The Bertz CT molecular complexity index is 671. The molecule has 1 aliphatic carbocycles. The number of hydrogen-bond acceptors (Lipinski definition) is 2. The van der Waals surface area contributed by atoms with Crippen molar-refractivity contribution in [2.45, 2.75) is 44.2 Å². The third-order valence-electron chi connectivity index (χ3n) is 6.11. The number of halogens is 1. The normalized spacial score (nSPS) is 21.6. The average Bonchev–Trinajstić information content (AvgIpc) is 2.72. The summed E-state index contributed by atoms with van der Waals surface area (Å²) in [5.74, 6) is 0. The number of benzene rings is 2. The van der Waals surface area contributed by atoms with Gasteiger partial charge in [-0.2, -0.15) is 0 Å². The lowest BCUT2D eigenvalue weighted by Gasteiger charge is -2.43. The molecule has 1 atom stereocenters. The van der Waals surface area contributed by atoms with Crippen LogP contribution in [0.4, 0.5) is 0 Å². The van der Waals surface area contributed by atoms with Crippen molar-refractivity contribution < 1.29 is 0 Å². The van der Waals surface area contributed by atoms with Gasteiger partial charge in [-0.05, 0) is 36.1 Å². The molecular weight excluding hydrogens is 340 g/mol. The minimum atomic E-state index is 0.321. The van der Waals surface area contributed by atoms with E-state index in [9.17, 15) is 0 Å². The van der Waals surface area contributed by atoms with Gasteiger partial charge in [-0.1, -0.05) is 73.3 Å². The molecule has 0 aromatic heterocycles. The Hall–Kier alpha value is -1.35. The number of nitrogens with zero attached hydrogens (tertiary/aromatic N) is 2. The van der Waals surface area contributed by atoms with Gasteiger partial charge >= 0.3 is 0 Å². The molecule has 2 aromatic carbocycles. The van der Waals surface area contributed by atoms with E-state index in [0.29, 0.717) is 6.04 Å². The topological polar surface area (TPSA) is 6.48 Å². The van der Waals surface area contributed by atoms with E-state index in [1.165, 1.54) is 56.3 Å². The van der Waals surface area contributed by atoms with Crippen LogP contribution in [0.5, 0.6) is 0 Å². The molecule has 2 fully saturated rings. The van der Waals surface area contributed by atoms with Crippen molar-refractivity contribution in [2.75, 3.05) is 26.2 Å². The number of hydrogen-bond donors (Lipinski definition) is 0. The van der Waals surface area contributed by atoms with E-state index in [1.54, 1.807) is 0 Å². The summed E-state index contributed by atoms with van der Waals surface area (Å²) in [6.07, 6.45) is 7.08. The minimum absolute atomic E-state index is 0.321. The van der Waals surface area contributed by atoms with Gasteiger partial charge in [-0.15, -0.1) is 0 Å². The van der Waals surface area contributed by atoms with Crippen LogP contribution in [-0.4, -0.2) is 42.0 Å². The minimum Gasteiger partial charge on any atom is -0.298 e. The molecule has 26 heavy (non-hydrogen) atoms. The molecular formula is C23H29ClN2. The lowest BCUT2D eigenvalue weighted by molar-refractivity contribution is 0.0647. The molecule has 1 heterocycles. The molecule has 0 amide bonds. The first-order chi connectivity index (χ1) is 12.8. The van der Waals surface area contributed by atoms with Crippen molar-refractivity contribution in [3.63, 3.8) is 0 Å². The molecule has 2 nitrogen and oxygen atoms in total. The molecule has 4 rings (SSSR count). The van der Waals surface area contributed by atoms with Crippen LogP contribution in [0.25, 0.3) is 0 Å². The van der Waals surface area contributed by atoms with Crippen molar-refractivity contribution in [1.82, 2.24) is 9.80 Å². The Balaban J connectivity index is 1.51.